The Bertz CT molecular complexity index is 345. The molecule has 1 saturated carbocycles. The number of nitrogens with zero attached hydrogens (tertiary/aromatic N) is 1. The van der Waals surface area contributed by atoms with Gasteiger partial charge in [0.1, 0.15) is 5.82 Å². The van der Waals surface area contributed by atoms with Crippen molar-refractivity contribution >= 4 is 17.4 Å². The zero-order valence-corrected chi connectivity index (χ0v) is 10.7. The highest BCUT2D eigenvalue weighted by atomic mass is 35.5. The summed E-state index contributed by atoms with van der Waals surface area (Å²) in [5, 5.41) is 4.18. The molecule has 1 aromatic rings. The van der Waals surface area contributed by atoms with Crippen LogP contribution in [0, 0.1) is 5.41 Å². The Hall–Kier alpha value is -0.760. The molecule has 0 saturated heterocycles. The molecular formula is C13H19ClN2. The van der Waals surface area contributed by atoms with E-state index < -0.39 is 0 Å². The molecule has 3 heteroatoms. The summed E-state index contributed by atoms with van der Waals surface area (Å²) in [6.07, 6.45) is 6.79. The fourth-order valence-corrected chi connectivity index (χ4v) is 2.60. The molecule has 0 aromatic carbocycles. The third-order valence-electron chi connectivity index (χ3n) is 3.28. The van der Waals surface area contributed by atoms with Gasteiger partial charge in [0.2, 0.25) is 0 Å². The predicted molar refractivity (Wildman–Crippen MR) is 68.9 cm³/mol. The lowest BCUT2D eigenvalue weighted by Gasteiger charge is -2.35. The second-order valence-corrected chi connectivity index (χ2v) is 5.90. The summed E-state index contributed by atoms with van der Waals surface area (Å²) >= 11 is 5.81. The molecule has 16 heavy (non-hydrogen) atoms. The fourth-order valence-electron chi connectivity index (χ4n) is 2.49. The molecule has 0 bridgehead atoms. The number of hydrogen-bond donors (Lipinski definition) is 1. The van der Waals surface area contributed by atoms with E-state index in [4.69, 9.17) is 11.6 Å². The highest BCUT2D eigenvalue weighted by Crippen LogP contribution is 2.36. The molecule has 1 aliphatic carbocycles. The molecule has 0 radical (unpaired) electrons. The van der Waals surface area contributed by atoms with Crippen LogP contribution >= 0.6 is 11.6 Å². The molecule has 1 unspecified atom stereocenters. The Morgan fingerprint density at radius 1 is 1.44 bits per heavy atom. The smallest absolute Gasteiger partial charge is 0.126 e. The van der Waals surface area contributed by atoms with Crippen molar-refractivity contribution in [3.8, 4) is 0 Å². The van der Waals surface area contributed by atoms with Gasteiger partial charge in [-0.3, -0.25) is 0 Å². The average Bonchev–Trinajstić information content (AvgIpc) is 2.20. The van der Waals surface area contributed by atoms with E-state index >= 15 is 0 Å². The van der Waals surface area contributed by atoms with Crippen LogP contribution in [-0.2, 0) is 0 Å². The molecule has 1 aliphatic rings. The molecule has 1 N–H and O–H groups in total. The Morgan fingerprint density at radius 2 is 2.25 bits per heavy atom. The van der Waals surface area contributed by atoms with E-state index in [-0.39, 0.29) is 0 Å². The molecule has 1 fully saturated rings. The van der Waals surface area contributed by atoms with E-state index in [1.807, 2.05) is 12.1 Å². The summed E-state index contributed by atoms with van der Waals surface area (Å²) in [5.41, 5.74) is 0.461. The van der Waals surface area contributed by atoms with Gasteiger partial charge < -0.3 is 5.32 Å². The highest BCUT2D eigenvalue weighted by Gasteiger charge is 2.27. The molecular weight excluding hydrogens is 220 g/mol. The minimum Gasteiger partial charge on any atom is -0.367 e. The number of nitrogens with one attached hydrogen (secondary N) is 1. The third-order valence-corrected chi connectivity index (χ3v) is 3.51. The zero-order valence-electron chi connectivity index (χ0n) is 9.96. The van der Waals surface area contributed by atoms with Gasteiger partial charge in [-0.05, 0) is 36.8 Å². The van der Waals surface area contributed by atoms with Crippen molar-refractivity contribution in [3.05, 3.63) is 23.4 Å². The Labute approximate surface area is 102 Å². The number of rotatable bonds is 2. The first-order valence-electron chi connectivity index (χ1n) is 5.93. The lowest BCUT2D eigenvalue weighted by atomic mass is 9.75. The van der Waals surface area contributed by atoms with E-state index in [0.717, 1.165) is 5.82 Å². The van der Waals surface area contributed by atoms with Crippen molar-refractivity contribution in [1.82, 2.24) is 4.98 Å². The maximum Gasteiger partial charge on any atom is 0.126 e. The summed E-state index contributed by atoms with van der Waals surface area (Å²) < 4.78 is 0. The molecule has 0 amide bonds. The Kier molecular flexibility index (Phi) is 3.38. The van der Waals surface area contributed by atoms with Crippen molar-refractivity contribution in [2.24, 2.45) is 5.41 Å². The number of hydrogen-bond acceptors (Lipinski definition) is 2. The standard InChI is InChI=1S/C13H19ClN2/c1-13(2)7-3-4-11(8-13)16-12-6-5-10(14)9-15-12/h5-6,9,11H,3-4,7-8H2,1-2H3,(H,15,16). The minimum atomic E-state index is 0.461. The molecule has 0 spiro atoms. The lowest BCUT2D eigenvalue weighted by Crippen LogP contribution is -2.31. The van der Waals surface area contributed by atoms with Crippen molar-refractivity contribution in [1.29, 1.82) is 0 Å². The van der Waals surface area contributed by atoms with E-state index in [1.165, 1.54) is 25.7 Å². The van der Waals surface area contributed by atoms with Crippen molar-refractivity contribution in [2.75, 3.05) is 5.32 Å². The third kappa shape index (κ3) is 3.11. The summed E-state index contributed by atoms with van der Waals surface area (Å²) in [6, 6.07) is 4.38. The van der Waals surface area contributed by atoms with E-state index in [1.54, 1.807) is 6.20 Å². The van der Waals surface area contributed by atoms with E-state index in [9.17, 15) is 0 Å². The second kappa shape index (κ2) is 4.62. The van der Waals surface area contributed by atoms with Gasteiger partial charge in [-0.15, -0.1) is 0 Å². The topological polar surface area (TPSA) is 24.9 Å². The van der Waals surface area contributed by atoms with Crippen LogP contribution < -0.4 is 5.32 Å². The van der Waals surface area contributed by atoms with Crippen LogP contribution in [-0.4, -0.2) is 11.0 Å². The van der Waals surface area contributed by atoms with Crippen LogP contribution in [0.2, 0.25) is 5.02 Å². The van der Waals surface area contributed by atoms with E-state index in [0.29, 0.717) is 16.5 Å². The van der Waals surface area contributed by atoms with Gasteiger partial charge in [0.25, 0.3) is 0 Å². The molecule has 1 heterocycles. The maximum atomic E-state index is 5.81. The molecule has 1 aromatic heterocycles. The Morgan fingerprint density at radius 3 is 2.88 bits per heavy atom. The van der Waals surface area contributed by atoms with Gasteiger partial charge in [-0.2, -0.15) is 0 Å². The van der Waals surface area contributed by atoms with Gasteiger partial charge in [-0.25, -0.2) is 4.98 Å². The number of anilines is 1. The quantitative estimate of drug-likeness (QED) is 0.839. The summed E-state index contributed by atoms with van der Waals surface area (Å²) in [7, 11) is 0. The molecule has 1 atom stereocenters. The summed E-state index contributed by atoms with van der Waals surface area (Å²) in [5.74, 6) is 0.937. The van der Waals surface area contributed by atoms with Crippen LogP contribution in [0.25, 0.3) is 0 Å². The fraction of sp³-hybridized carbons (Fsp3) is 0.615. The number of pyridine rings is 1. The van der Waals surface area contributed by atoms with Gasteiger partial charge in [-0.1, -0.05) is 31.9 Å². The van der Waals surface area contributed by atoms with Gasteiger partial charge in [0.15, 0.2) is 0 Å². The highest BCUT2D eigenvalue weighted by molar-refractivity contribution is 6.30. The SMILES string of the molecule is CC1(C)CCCC(Nc2ccc(Cl)cn2)C1. The average molecular weight is 239 g/mol. The largest absolute Gasteiger partial charge is 0.367 e. The van der Waals surface area contributed by atoms with Crippen LogP contribution in [0.1, 0.15) is 39.5 Å². The number of aromatic nitrogens is 1. The van der Waals surface area contributed by atoms with E-state index in [2.05, 4.69) is 24.1 Å². The molecule has 88 valence electrons. The maximum absolute atomic E-state index is 5.81. The van der Waals surface area contributed by atoms with Gasteiger partial charge in [0.05, 0.1) is 5.02 Å². The zero-order chi connectivity index (χ0) is 11.6. The molecule has 0 aliphatic heterocycles. The first-order valence-corrected chi connectivity index (χ1v) is 6.31. The van der Waals surface area contributed by atoms with Crippen molar-refractivity contribution in [2.45, 2.75) is 45.6 Å². The van der Waals surface area contributed by atoms with Crippen molar-refractivity contribution in [3.63, 3.8) is 0 Å². The minimum absolute atomic E-state index is 0.461. The number of halogens is 1. The lowest BCUT2D eigenvalue weighted by molar-refractivity contribution is 0.229. The monoisotopic (exact) mass is 238 g/mol. The van der Waals surface area contributed by atoms with Crippen molar-refractivity contribution < 1.29 is 0 Å². The summed E-state index contributed by atoms with van der Waals surface area (Å²) in [4.78, 5) is 4.28. The normalized spacial score (nSPS) is 24.1. The molecule has 2 nitrogen and oxygen atoms in total. The first kappa shape index (κ1) is 11.7. The molecule has 2 rings (SSSR count). The van der Waals surface area contributed by atoms with Crippen LogP contribution in [0.5, 0.6) is 0 Å². The van der Waals surface area contributed by atoms with Gasteiger partial charge >= 0.3 is 0 Å². The van der Waals surface area contributed by atoms with Crippen LogP contribution in [0.4, 0.5) is 5.82 Å². The van der Waals surface area contributed by atoms with Gasteiger partial charge in [0, 0.05) is 12.2 Å². The van der Waals surface area contributed by atoms with Crippen LogP contribution in [0.3, 0.4) is 0 Å². The Balaban J connectivity index is 1.97. The second-order valence-electron chi connectivity index (χ2n) is 5.46. The van der Waals surface area contributed by atoms with Crippen LogP contribution in [0.15, 0.2) is 18.3 Å². The predicted octanol–water partition coefficient (Wildman–Crippen LogP) is 4.12. The summed E-state index contributed by atoms with van der Waals surface area (Å²) in [6.45, 7) is 4.69. The first-order chi connectivity index (χ1) is 7.55.